The van der Waals surface area contributed by atoms with Gasteiger partial charge < -0.3 is 5.32 Å². The van der Waals surface area contributed by atoms with Crippen molar-refractivity contribution in [3.05, 3.63) is 58.8 Å². The number of rotatable bonds is 7. The number of hydrogen-bond acceptors (Lipinski definition) is 5. The summed E-state index contributed by atoms with van der Waals surface area (Å²) in [6, 6.07) is 9.78. The van der Waals surface area contributed by atoms with Gasteiger partial charge in [-0.05, 0) is 63.5 Å². The van der Waals surface area contributed by atoms with Crippen LogP contribution >= 0.6 is 0 Å². The van der Waals surface area contributed by atoms with Gasteiger partial charge in [0.2, 0.25) is 0 Å². The van der Waals surface area contributed by atoms with Gasteiger partial charge in [0.05, 0.1) is 39.9 Å². The first-order valence-electron chi connectivity index (χ1n) is 13.0. The maximum absolute atomic E-state index is 13.5. The van der Waals surface area contributed by atoms with E-state index >= 15 is 0 Å². The van der Waals surface area contributed by atoms with Gasteiger partial charge >= 0.3 is 0 Å². The molecule has 3 heterocycles. The van der Waals surface area contributed by atoms with Gasteiger partial charge in [0, 0.05) is 12.1 Å². The summed E-state index contributed by atoms with van der Waals surface area (Å²) in [5, 5.41) is 8.51. The van der Waals surface area contributed by atoms with E-state index in [-0.39, 0.29) is 23.5 Å². The van der Waals surface area contributed by atoms with Crippen molar-refractivity contribution in [1.82, 2.24) is 20.1 Å². The van der Waals surface area contributed by atoms with Crippen molar-refractivity contribution in [3.8, 4) is 11.3 Å². The molecule has 0 spiro atoms. The van der Waals surface area contributed by atoms with Crippen molar-refractivity contribution in [3.63, 3.8) is 0 Å². The minimum Gasteiger partial charge on any atom is -0.352 e. The monoisotopic (exact) mass is 506 g/mol. The van der Waals surface area contributed by atoms with E-state index in [0.717, 1.165) is 31.2 Å². The van der Waals surface area contributed by atoms with E-state index in [1.54, 1.807) is 4.68 Å². The van der Waals surface area contributed by atoms with Crippen LogP contribution in [0.5, 0.6) is 0 Å². The van der Waals surface area contributed by atoms with Crippen molar-refractivity contribution in [2.75, 3.05) is 18.1 Å². The van der Waals surface area contributed by atoms with Crippen LogP contribution in [0.15, 0.2) is 42.0 Å². The number of amides is 1. The molecule has 1 N–H and O–H groups in total. The number of carbonyl (C=O) groups excluding carboxylic acids is 1. The molecule has 1 amide bonds. The highest BCUT2D eigenvalue weighted by Gasteiger charge is 2.32. The summed E-state index contributed by atoms with van der Waals surface area (Å²) in [6.07, 6.45) is 9.34. The lowest BCUT2D eigenvalue weighted by atomic mass is 9.97. The molecule has 8 heteroatoms. The quantitative estimate of drug-likeness (QED) is 0.458. The topological polar surface area (TPSA) is 94.0 Å². The Labute approximate surface area is 212 Å². The van der Waals surface area contributed by atoms with Crippen LogP contribution in [0.2, 0.25) is 0 Å². The summed E-state index contributed by atoms with van der Waals surface area (Å²) < 4.78 is 26.1. The molecule has 190 valence electrons. The predicted octanol–water partition coefficient (Wildman–Crippen LogP) is 4.95. The van der Waals surface area contributed by atoms with Gasteiger partial charge in [-0.1, -0.05) is 42.8 Å². The Kier molecular flexibility index (Phi) is 6.97. The van der Waals surface area contributed by atoms with Crippen molar-refractivity contribution in [2.24, 2.45) is 0 Å². The molecular weight excluding hydrogens is 472 g/mol. The van der Waals surface area contributed by atoms with Crippen LogP contribution in [0, 0.1) is 6.92 Å². The number of aromatic nitrogens is 3. The molecule has 1 aliphatic heterocycles. The molecule has 5 rings (SSSR count). The molecule has 1 unspecified atom stereocenters. The molecule has 3 aromatic rings. The zero-order chi connectivity index (χ0) is 25.3. The number of pyridine rings is 1. The second kappa shape index (κ2) is 10.2. The molecule has 2 aromatic heterocycles. The minimum atomic E-state index is -3.10. The third-order valence-electron chi connectivity index (χ3n) is 7.41. The summed E-state index contributed by atoms with van der Waals surface area (Å²) in [5.74, 6) is 0.0584. The van der Waals surface area contributed by atoms with Gasteiger partial charge in [-0.15, -0.1) is 0 Å². The normalized spacial score (nSPS) is 19.4. The Balaban J connectivity index is 1.53. The minimum absolute atomic E-state index is 0.0525. The van der Waals surface area contributed by atoms with E-state index in [4.69, 9.17) is 10.1 Å². The maximum atomic E-state index is 13.5. The molecule has 7 nitrogen and oxygen atoms in total. The van der Waals surface area contributed by atoms with E-state index in [2.05, 4.69) is 30.4 Å². The lowest BCUT2D eigenvalue weighted by Crippen LogP contribution is -2.25. The van der Waals surface area contributed by atoms with E-state index < -0.39 is 9.84 Å². The Bertz CT molecular complexity index is 1420. The van der Waals surface area contributed by atoms with Crippen molar-refractivity contribution in [1.29, 1.82) is 0 Å². The Morgan fingerprint density at radius 3 is 2.67 bits per heavy atom. The Morgan fingerprint density at radius 1 is 1.19 bits per heavy atom. The second-order valence-electron chi connectivity index (χ2n) is 10.0. The highest BCUT2D eigenvalue weighted by atomic mass is 32.2. The van der Waals surface area contributed by atoms with Gasteiger partial charge in [-0.3, -0.25) is 4.79 Å². The van der Waals surface area contributed by atoms with Gasteiger partial charge in [0.15, 0.2) is 15.5 Å². The average molecular weight is 507 g/mol. The van der Waals surface area contributed by atoms with E-state index in [1.807, 2.05) is 25.1 Å². The van der Waals surface area contributed by atoms with Crippen LogP contribution in [0.25, 0.3) is 22.3 Å². The number of allylic oxidation sites excluding steroid dienone is 1. The fraction of sp³-hybridized carbons (Fsp3) is 0.464. The molecule has 1 aromatic carbocycles. The van der Waals surface area contributed by atoms with E-state index in [0.29, 0.717) is 41.0 Å². The molecule has 0 bridgehead atoms. The first-order chi connectivity index (χ1) is 17.3. The van der Waals surface area contributed by atoms with Crippen LogP contribution in [0.3, 0.4) is 0 Å². The average Bonchev–Trinajstić information content (AvgIpc) is 3.42. The number of fused-ring (bicyclic) bond motifs is 1. The third-order valence-corrected chi connectivity index (χ3v) is 9.16. The van der Waals surface area contributed by atoms with Crippen molar-refractivity contribution in [2.45, 2.75) is 64.8 Å². The molecular formula is C28H34N4O3S. The number of carbonyl (C=O) groups is 1. The molecule has 36 heavy (non-hydrogen) atoms. The first-order valence-corrected chi connectivity index (χ1v) is 14.8. The number of aryl methyl sites for hydroxylation is 2. The highest BCUT2D eigenvalue weighted by Crippen LogP contribution is 2.32. The van der Waals surface area contributed by atoms with Crippen LogP contribution in [-0.4, -0.2) is 47.1 Å². The lowest BCUT2D eigenvalue weighted by Gasteiger charge is -2.14. The predicted molar refractivity (Wildman–Crippen MR) is 143 cm³/mol. The molecule has 2 aliphatic rings. The second-order valence-corrected chi connectivity index (χ2v) is 12.2. The van der Waals surface area contributed by atoms with Gasteiger partial charge in [0.1, 0.15) is 0 Å². The Morgan fingerprint density at radius 2 is 2.00 bits per heavy atom. The number of benzene rings is 1. The van der Waals surface area contributed by atoms with Gasteiger partial charge in [-0.25, -0.2) is 18.1 Å². The first kappa shape index (κ1) is 24.7. The van der Waals surface area contributed by atoms with Gasteiger partial charge in [-0.2, -0.15) is 5.10 Å². The molecule has 0 radical (unpaired) electrons. The van der Waals surface area contributed by atoms with E-state index in [1.165, 1.54) is 24.0 Å². The smallest absolute Gasteiger partial charge is 0.252 e. The SMILES string of the molecule is CCc1ccc(-c2cc(C(=O)NCCC3=CCCCC3)c3c(C)nn(C4CCS(=O)(=O)C4)c3n2)cc1. The fourth-order valence-corrected chi connectivity index (χ4v) is 7.03. The number of nitrogens with zero attached hydrogens (tertiary/aromatic N) is 3. The van der Waals surface area contributed by atoms with Crippen LogP contribution < -0.4 is 5.32 Å². The molecule has 0 saturated carbocycles. The van der Waals surface area contributed by atoms with Gasteiger partial charge in [0.25, 0.3) is 5.91 Å². The zero-order valence-electron chi connectivity index (χ0n) is 21.1. The van der Waals surface area contributed by atoms with Crippen molar-refractivity contribution >= 4 is 26.8 Å². The summed E-state index contributed by atoms with van der Waals surface area (Å²) in [5.41, 5.74) is 6.06. The summed E-state index contributed by atoms with van der Waals surface area (Å²) in [7, 11) is -3.10. The summed E-state index contributed by atoms with van der Waals surface area (Å²) in [6.45, 7) is 4.56. The Hall–Kier alpha value is -3.00. The third kappa shape index (κ3) is 5.09. The number of sulfone groups is 1. The number of nitrogens with one attached hydrogen (secondary N) is 1. The highest BCUT2D eigenvalue weighted by molar-refractivity contribution is 7.91. The standard InChI is InChI=1S/C28H34N4O3S/c1-3-20-9-11-22(12-10-20)25-17-24(28(33)29-15-13-21-7-5-4-6-8-21)26-19(2)31-32(27(26)30-25)23-14-16-36(34,35)18-23/h7,9-12,17,23H,3-6,8,13-16,18H2,1-2H3,(H,29,33). The van der Waals surface area contributed by atoms with Crippen LogP contribution in [0.4, 0.5) is 0 Å². The van der Waals surface area contributed by atoms with Crippen LogP contribution in [-0.2, 0) is 16.3 Å². The lowest BCUT2D eigenvalue weighted by molar-refractivity contribution is 0.0955. The largest absolute Gasteiger partial charge is 0.352 e. The summed E-state index contributed by atoms with van der Waals surface area (Å²) in [4.78, 5) is 18.4. The van der Waals surface area contributed by atoms with E-state index in [9.17, 15) is 13.2 Å². The van der Waals surface area contributed by atoms with Crippen molar-refractivity contribution < 1.29 is 13.2 Å². The fourth-order valence-electron chi connectivity index (χ4n) is 5.34. The molecule has 1 atom stereocenters. The van der Waals surface area contributed by atoms with Crippen LogP contribution in [0.1, 0.15) is 73.1 Å². The zero-order valence-corrected chi connectivity index (χ0v) is 21.9. The summed E-state index contributed by atoms with van der Waals surface area (Å²) >= 11 is 0. The maximum Gasteiger partial charge on any atom is 0.252 e. The molecule has 1 aliphatic carbocycles. The molecule has 1 saturated heterocycles. The molecule has 1 fully saturated rings. The number of hydrogen-bond donors (Lipinski definition) is 1.